The van der Waals surface area contributed by atoms with E-state index in [0.29, 0.717) is 0 Å². The Labute approximate surface area is 117 Å². The quantitative estimate of drug-likeness (QED) is 0.622. The number of hydrogen-bond acceptors (Lipinski definition) is 1. The Morgan fingerprint density at radius 3 is 2.53 bits per heavy atom. The number of imidazole rings is 1. The van der Waals surface area contributed by atoms with Crippen LogP contribution in [0.5, 0.6) is 0 Å². The van der Waals surface area contributed by atoms with E-state index in [1.807, 2.05) is 37.4 Å². The molecule has 0 aliphatic carbocycles. The number of nitrogens with zero attached hydrogens (tertiary/aromatic N) is 2. The van der Waals surface area contributed by atoms with Gasteiger partial charge in [-0.3, -0.25) is 0 Å². The van der Waals surface area contributed by atoms with E-state index in [4.69, 9.17) is 16.6 Å². The summed E-state index contributed by atoms with van der Waals surface area (Å²) in [6.45, 7) is 4.06. The molecule has 1 unspecified atom stereocenters. The summed E-state index contributed by atoms with van der Waals surface area (Å²) in [6, 6.07) is 14.3. The van der Waals surface area contributed by atoms with E-state index in [1.165, 1.54) is 0 Å². The fourth-order valence-electron chi connectivity index (χ4n) is 2.41. The Kier molecular flexibility index (Phi) is 3.03. The number of hydrogen-bond donors (Lipinski definition) is 0. The Hall–Kier alpha value is -1.80. The smallest absolute Gasteiger partial charge is 0.140 e. The summed E-state index contributed by atoms with van der Waals surface area (Å²) in [6.07, 6.45) is 2.02. The molecule has 2 nitrogen and oxygen atoms in total. The van der Waals surface area contributed by atoms with Gasteiger partial charge in [0.25, 0.3) is 0 Å². The van der Waals surface area contributed by atoms with Crippen LogP contribution in [0, 0.1) is 6.92 Å². The number of fused-ring (bicyclic) bond motifs is 1. The Morgan fingerprint density at radius 1 is 1.11 bits per heavy atom. The molecular formula is C16H15ClN2. The van der Waals surface area contributed by atoms with Crippen LogP contribution < -0.4 is 0 Å². The molecule has 0 saturated carbocycles. The Bertz CT molecular complexity index is 714. The second-order valence-corrected chi connectivity index (χ2v) is 5.37. The van der Waals surface area contributed by atoms with Crippen molar-refractivity contribution >= 4 is 17.2 Å². The van der Waals surface area contributed by atoms with Gasteiger partial charge < -0.3 is 4.40 Å². The molecule has 3 aromatic rings. The standard InChI is InChI=1S/C16H15ClN2/c1-11-7-6-10-19-15(12(2)17)14(18-16(11)19)13-8-4-3-5-9-13/h3-10,12H,1-2H3. The van der Waals surface area contributed by atoms with Crippen LogP contribution in [0.15, 0.2) is 48.7 Å². The summed E-state index contributed by atoms with van der Waals surface area (Å²) in [7, 11) is 0. The molecule has 0 radical (unpaired) electrons. The van der Waals surface area contributed by atoms with Crippen LogP contribution >= 0.6 is 11.6 Å². The van der Waals surface area contributed by atoms with Crippen molar-refractivity contribution < 1.29 is 0 Å². The molecule has 0 amide bonds. The van der Waals surface area contributed by atoms with Crippen LogP contribution in [0.3, 0.4) is 0 Å². The Morgan fingerprint density at radius 2 is 1.84 bits per heavy atom. The number of benzene rings is 1. The van der Waals surface area contributed by atoms with Gasteiger partial charge in [0.2, 0.25) is 0 Å². The summed E-state index contributed by atoms with van der Waals surface area (Å²) in [5, 5.41) is -0.0907. The van der Waals surface area contributed by atoms with Gasteiger partial charge in [-0.05, 0) is 25.5 Å². The van der Waals surface area contributed by atoms with Gasteiger partial charge in [-0.25, -0.2) is 4.98 Å². The second-order valence-electron chi connectivity index (χ2n) is 4.71. The zero-order valence-electron chi connectivity index (χ0n) is 11.0. The lowest BCUT2D eigenvalue weighted by Gasteiger charge is -2.07. The molecule has 1 atom stereocenters. The highest BCUT2D eigenvalue weighted by Gasteiger charge is 2.18. The van der Waals surface area contributed by atoms with Gasteiger partial charge in [0.05, 0.1) is 16.8 Å². The van der Waals surface area contributed by atoms with Crippen molar-refractivity contribution in [1.82, 2.24) is 9.38 Å². The Balaban J connectivity index is 2.36. The molecule has 0 bridgehead atoms. The third-order valence-electron chi connectivity index (χ3n) is 3.31. The molecule has 96 valence electrons. The predicted molar refractivity (Wildman–Crippen MR) is 79.6 cm³/mol. The van der Waals surface area contributed by atoms with Gasteiger partial charge in [-0.15, -0.1) is 11.6 Å². The normalized spacial score (nSPS) is 12.8. The van der Waals surface area contributed by atoms with Gasteiger partial charge in [-0.1, -0.05) is 36.4 Å². The lowest BCUT2D eigenvalue weighted by molar-refractivity contribution is 0.962. The van der Waals surface area contributed by atoms with Gasteiger partial charge >= 0.3 is 0 Å². The van der Waals surface area contributed by atoms with Crippen molar-refractivity contribution in [2.24, 2.45) is 0 Å². The van der Waals surface area contributed by atoms with Crippen LogP contribution in [0.25, 0.3) is 16.9 Å². The second kappa shape index (κ2) is 4.71. The van der Waals surface area contributed by atoms with E-state index in [-0.39, 0.29) is 5.38 Å². The van der Waals surface area contributed by atoms with Crippen molar-refractivity contribution in [2.75, 3.05) is 0 Å². The molecule has 1 aromatic carbocycles. The summed E-state index contributed by atoms with van der Waals surface area (Å²) in [5.74, 6) is 0. The first-order chi connectivity index (χ1) is 9.18. The van der Waals surface area contributed by atoms with E-state index < -0.39 is 0 Å². The van der Waals surface area contributed by atoms with Crippen molar-refractivity contribution in [3.63, 3.8) is 0 Å². The van der Waals surface area contributed by atoms with Crippen molar-refractivity contribution in [3.8, 4) is 11.3 Å². The van der Waals surface area contributed by atoms with Gasteiger partial charge in [0, 0.05) is 11.8 Å². The van der Waals surface area contributed by atoms with E-state index in [2.05, 4.69) is 29.5 Å². The average Bonchev–Trinajstić information content (AvgIpc) is 2.81. The van der Waals surface area contributed by atoms with Gasteiger partial charge in [0.15, 0.2) is 0 Å². The van der Waals surface area contributed by atoms with E-state index >= 15 is 0 Å². The average molecular weight is 271 g/mol. The highest BCUT2D eigenvalue weighted by Crippen LogP contribution is 2.32. The lowest BCUT2D eigenvalue weighted by atomic mass is 10.1. The number of aromatic nitrogens is 2. The van der Waals surface area contributed by atoms with Crippen LogP contribution in [0.1, 0.15) is 23.6 Å². The SMILES string of the molecule is Cc1cccn2c(C(C)Cl)c(-c3ccccc3)nc12. The molecular weight excluding hydrogens is 256 g/mol. The highest BCUT2D eigenvalue weighted by atomic mass is 35.5. The maximum absolute atomic E-state index is 6.37. The van der Waals surface area contributed by atoms with Crippen LogP contribution in [-0.4, -0.2) is 9.38 Å². The molecule has 0 fully saturated rings. The zero-order chi connectivity index (χ0) is 13.4. The zero-order valence-corrected chi connectivity index (χ0v) is 11.7. The first-order valence-corrected chi connectivity index (χ1v) is 6.79. The molecule has 2 aromatic heterocycles. The van der Waals surface area contributed by atoms with Crippen molar-refractivity contribution in [1.29, 1.82) is 0 Å². The number of rotatable bonds is 2. The minimum atomic E-state index is -0.0907. The molecule has 3 rings (SSSR count). The monoisotopic (exact) mass is 270 g/mol. The van der Waals surface area contributed by atoms with Crippen molar-refractivity contribution in [3.05, 3.63) is 59.9 Å². The maximum atomic E-state index is 6.37. The first kappa shape index (κ1) is 12.2. The minimum Gasteiger partial charge on any atom is -0.302 e. The highest BCUT2D eigenvalue weighted by molar-refractivity contribution is 6.20. The summed E-state index contributed by atoms with van der Waals surface area (Å²) in [5.41, 5.74) is 5.25. The number of alkyl halides is 1. The predicted octanol–water partition coefficient (Wildman–Crippen LogP) is 4.61. The minimum absolute atomic E-state index is 0.0907. The molecule has 3 heteroatoms. The summed E-state index contributed by atoms with van der Waals surface area (Å²) >= 11 is 6.37. The van der Waals surface area contributed by atoms with Crippen LogP contribution in [0.2, 0.25) is 0 Å². The molecule has 0 aliphatic rings. The van der Waals surface area contributed by atoms with E-state index in [0.717, 1.165) is 28.2 Å². The molecule has 2 heterocycles. The van der Waals surface area contributed by atoms with Crippen LogP contribution in [-0.2, 0) is 0 Å². The molecule has 0 N–H and O–H groups in total. The van der Waals surface area contributed by atoms with Crippen molar-refractivity contribution in [2.45, 2.75) is 19.2 Å². The van der Waals surface area contributed by atoms with E-state index in [1.54, 1.807) is 0 Å². The molecule has 0 saturated heterocycles. The van der Waals surface area contributed by atoms with E-state index in [9.17, 15) is 0 Å². The number of halogens is 1. The third-order valence-corrected chi connectivity index (χ3v) is 3.51. The van der Waals surface area contributed by atoms with Gasteiger partial charge in [-0.2, -0.15) is 0 Å². The molecule has 19 heavy (non-hydrogen) atoms. The molecule has 0 aliphatic heterocycles. The fourth-order valence-corrected chi connectivity index (χ4v) is 2.62. The summed E-state index contributed by atoms with van der Waals surface area (Å²) in [4.78, 5) is 4.78. The summed E-state index contributed by atoms with van der Waals surface area (Å²) < 4.78 is 2.09. The number of aryl methyl sites for hydroxylation is 1. The number of pyridine rings is 1. The van der Waals surface area contributed by atoms with Gasteiger partial charge in [0.1, 0.15) is 5.65 Å². The molecule has 0 spiro atoms. The first-order valence-electron chi connectivity index (χ1n) is 6.35. The lowest BCUT2D eigenvalue weighted by Crippen LogP contribution is -1.95. The van der Waals surface area contributed by atoms with Crippen LogP contribution in [0.4, 0.5) is 0 Å². The fraction of sp³-hybridized carbons (Fsp3) is 0.188. The topological polar surface area (TPSA) is 17.3 Å². The third kappa shape index (κ3) is 2.02. The largest absolute Gasteiger partial charge is 0.302 e. The maximum Gasteiger partial charge on any atom is 0.140 e.